The molecule has 0 aromatic heterocycles. The first kappa shape index (κ1) is 15.3. The molecule has 0 fully saturated rings. The molecule has 0 aliphatic rings. The van der Waals surface area contributed by atoms with Crippen molar-refractivity contribution >= 4 is 21.6 Å². The number of hydrogen-bond acceptors (Lipinski definition) is 5. The molecule has 0 heterocycles. The summed E-state index contributed by atoms with van der Waals surface area (Å²) in [6.07, 6.45) is 0. The van der Waals surface area contributed by atoms with Crippen molar-refractivity contribution in [1.29, 1.82) is 0 Å². The summed E-state index contributed by atoms with van der Waals surface area (Å²) < 4.78 is 31.3. The molecule has 0 saturated heterocycles. The number of likely N-dealkylation sites (N-methyl/N-ethyl adjacent to an activating group) is 1. The highest BCUT2D eigenvalue weighted by atomic mass is 32.2. The highest BCUT2D eigenvalue weighted by Crippen LogP contribution is 2.25. The van der Waals surface area contributed by atoms with Crippen molar-refractivity contribution in [3.8, 4) is 5.75 Å². The summed E-state index contributed by atoms with van der Waals surface area (Å²) in [5.41, 5.74) is 5.85. The average molecular weight is 287 g/mol. The van der Waals surface area contributed by atoms with E-state index in [1.165, 1.54) is 44.3 Å². The highest BCUT2D eigenvalue weighted by molar-refractivity contribution is 7.89. The third kappa shape index (κ3) is 3.83. The minimum Gasteiger partial charge on any atom is -0.495 e. The number of nitrogen functional groups attached to an aromatic ring is 1. The van der Waals surface area contributed by atoms with E-state index in [9.17, 15) is 13.2 Å². The molecule has 0 aliphatic carbocycles. The molecule has 7 nitrogen and oxygen atoms in total. The third-order valence-corrected chi connectivity index (χ3v) is 3.81. The SMILES string of the molecule is COc1ccc(N)cc1S(=O)(=O)NCC(=O)N(C)C. The van der Waals surface area contributed by atoms with E-state index < -0.39 is 10.0 Å². The van der Waals surface area contributed by atoms with Crippen LogP contribution in [-0.4, -0.2) is 47.0 Å². The molecule has 0 radical (unpaired) electrons. The maximum absolute atomic E-state index is 12.1. The first-order valence-electron chi connectivity index (χ1n) is 5.41. The number of ether oxygens (including phenoxy) is 1. The quantitative estimate of drug-likeness (QED) is 0.720. The summed E-state index contributed by atoms with van der Waals surface area (Å²) in [6, 6.07) is 4.27. The average Bonchev–Trinajstić information content (AvgIpc) is 2.35. The van der Waals surface area contributed by atoms with Gasteiger partial charge in [-0.1, -0.05) is 0 Å². The molecule has 1 amide bonds. The van der Waals surface area contributed by atoms with Crippen molar-refractivity contribution in [2.24, 2.45) is 0 Å². The van der Waals surface area contributed by atoms with Crippen LogP contribution < -0.4 is 15.2 Å². The van der Waals surface area contributed by atoms with Gasteiger partial charge in [0.15, 0.2) is 0 Å². The van der Waals surface area contributed by atoms with Crippen LogP contribution in [0.25, 0.3) is 0 Å². The van der Waals surface area contributed by atoms with Gasteiger partial charge in [0.25, 0.3) is 0 Å². The van der Waals surface area contributed by atoms with Crippen molar-refractivity contribution in [2.75, 3.05) is 33.5 Å². The summed E-state index contributed by atoms with van der Waals surface area (Å²) in [6.45, 7) is -0.326. The van der Waals surface area contributed by atoms with E-state index in [4.69, 9.17) is 10.5 Å². The molecule has 106 valence electrons. The third-order valence-electron chi connectivity index (χ3n) is 2.39. The van der Waals surface area contributed by atoms with E-state index in [1.54, 1.807) is 0 Å². The lowest BCUT2D eigenvalue weighted by Crippen LogP contribution is -2.36. The molecule has 1 aromatic carbocycles. The molecule has 0 atom stereocenters. The van der Waals surface area contributed by atoms with Crippen molar-refractivity contribution in [3.63, 3.8) is 0 Å². The number of sulfonamides is 1. The molecule has 0 unspecified atom stereocenters. The number of carbonyl (C=O) groups excluding carboxylic acids is 1. The summed E-state index contributed by atoms with van der Waals surface area (Å²) in [5.74, 6) is -0.189. The second-order valence-corrected chi connectivity index (χ2v) is 5.76. The zero-order chi connectivity index (χ0) is 14.6. The lowest BCUT2D eigenvalue weighted by molar-refractivity contribution is -0.127. The fraction of sp³-hybridized carbons (Fsp3) is 0.364. The largest absolute Gasteiger partial charge is 0.495 e. The summed E-state index contributed by atoms with van der Waals surface area (Å²) in [5, 5.41) is 0. The van der Waals surface area contributed by atoms with Crippen molar-refractivity contribution < 1.29 is 17.9 Å². The van der Waals surface area contributed by atoms with Gasteiger partial charge in [0.1, 0.15) is 10.6 Å². The first-order chi connectivity index (χ1) is 8.77. The van der Waals surface area contributed by atoms with Gasteiger partial charge < -0.3 is 15.4 Å². The molecule has 0 bridgehead atoms. The number of amides is 1. The number of rotatable bonds is 5. The van der Waals surface area contributed by atoms with Crippen LogP contribution in [0.3, 0.4) is 0 Å². The molecule has 0 saturated carbocycles. The molecular formula is C11H17N3O4S. The Hall–Kier alpha value is -1.80. The number of benzene rings is 1. The van der Waals surface area contributed by atoms with Gasteiger partial charge in [-0.25, -0.2) is 13.1 Å². The minimum atomic E-state index is -3.86. The van der Waals surface area contributed by atoms with Crippen LogP contribution in [0.5, 0.6) is 5.75 Å². The summed E-state index contributed by atoms with van der Waals surface area (Å²) in [4.78, 5) is 12.6. The van der Waals surface area contributed by atoms with E-state index in [0.717, 1.165) is 0 Å². The van der Waals surface area contributed by atoms with Gasteiger partial charge in [0.05, 0.1) is 13.7 Å². The molecule has 1 rings (SSSR count). The van der Waals surface area contributed by atoms with Gasteiger partial charge in [0.2, 0.25) is 15.9 Å². The zero-order valence-electron chi connectivity index (χ0n) is 11.0. The number of hydrogen-bond donors (Lipinski definition) is 2. The fourth-order valence-electron chi connectivity index (χ4n) is 1.30. The Morgan fingerprint density at radius 1 is 1.42 bits per heavy atom. The van der Waals surface area contributed by atoms with Gasteiger partial charge in [0, 0.05) is 19.8 Å². The Labute approximate surface area is 112 Å². The van der Waals surface area contributed by atoms with Crippen LogP contribution in [0.1, 0.15) is 0 Å². The second kappa shape index (κ2) is 5.89. The van der Waals surface area contributed by atoms with Gasteiger partial charge >= 0.3 is 0 Å². The molecule has 19 heavy (non-hydrogen) atoms. The van der Waals surface area contributed by atoms with Gasteiger partial charge in [-0.2, -0.15) is 0 Å². The van der Waals surface area contributed by atoms with Crippen LogP contribution >= 0.6 is 0 Å². The number of anilines is 1. The minimum absolute atomic E-state index is 0.0958. The fourth-order valence-corrected chi connectivity index (χ4v) is 2.47. The molecule has 0 aliphatic heterocycles. The predicted molar refractivity (Wildman–Crippen MR) is 71.3 cm³/mol. The Balaban J connectivity index is 3.00. The number of carbonyl (C=O) groups is 1. The maximum atomic E-state index is 12.1. The number of nitrogens with one attached hydrogen (secondary N) is 1. The van der Waals surface area contributed by atoms with Crippen LogP contribution in [0.2, 0.25) is 0 Å². The monoisotopic (exact) mass is 287 g/mol. The Kier molecular flexibility index (Phi) is 4.73. The van der Waals surface area contributed by atoms with Crippen LogP contribution in [0.15, 0.2) is 23.1 Å². The topological polar surface area (TPSA) is 102 Å². The Morgan fingerprint density at radius 2 is 2.05 bits per heavy atom. The van der Waals surface area contributed by atoms with Crippen LogP contribution in [0.4, 0.5) is 5.69 Å². The molecule has 8 heteroatoms. The van der Waals surface area contributed by atoms with Gasteiger partial charge in [-0.3, -0.25) is 4.79 Å². The number of methoxy groups -OCH3 is 1. The van der Waals surface area contributed by atoms with Crippen LogP contribution in [0, 0.1) is 0 Å². The zero-order valence-corrected chi connectivity index (χ0v) is 11.8. The number of nitrogens with zero attached hydrogens (tertiary/aromatic N) is 1. The van der Waals surface area contributed by atoms with Gasteiger partial charge in [-0.05, 0) is 18.2 Å². The first-order valence-corrected chi connectivity index (χ1v) is 6.89. The van der Waals surface area contributed by atoms with Crippen molar-refractivity contribution in [3.05, 3.63) is 18.2 Å². The maximum Gasteiger partial charge on any atom is 0.244 e. The van der Waals surface area contributed by atoms with E-state index in [-0.39, 0.29) is 23.1 Å². The van der Waals surface area contributed by atoms with Gasteiger partial charge in [-0.15, -0.1) is 0 Å². The Morgan fingerprint density at radius 3 is 2.58 bits per heavy atom. The van der Waals surface area contributed by atoms with Crippen LogP contribution in [-0.2, 0) is 14.8 Å². The molecule has 0 spiro atoms. The lowest BCUT2D eigenvalue weighted by atomic mass is 10.3. The van der Waals surface area contributed by atoms with E-state index in [1.807, 2.05) is 0 Å². The number of nitrogens with two attached hydrogens (primary N) is 1. The standard InChI is InChI=1S/C11H17N3O4S/c1-14(2)11(15)7-13-19(16,17)10-6-8(12)4-5-9(10)18-3/h4-6,13H,7,12H2,1-3H3. The van der Waals surface area contributed by atoms with Crippen molar-refractivity contribution in [1.82, 2.24) is 9.62 Å². The second-order valence-electron chi connectivity index (χ2n) is 4.02. The molecular weight excluding hydrogens is 270 g/mol. The highest BCUT2D eigenvalue weighted by Gasteiger charge is 2.21. The smallest absolute Gasteiger partial charge is 0.244 e. The van der Waals surface area contributed by atoms with E-state index in [0.29, 0.717) is 5.69 Å². The Bertz CT molecular complexity index is 569. The predicted octanol–water partition coefficient (Wildman–Crippen LogP) is -0.356. The summed E-state index contributed by atoms with van der Waals surface area (Å²) in [7, 11) is 0.579. The summed E-state index contributed by atoms with van der Waals surface area (Å²) >= 11 is 0. The van der Waals surface area contributed by atoms with Crippen molar-refractivity contribution in [2.45, 2.75) is 4.90 Å². The molecule has 1 aromatic rings. The normalized spacial score (nSPS) is 11.1. The van der Waals surface area contributed by atoms with E-state index in [2.05, 4.69) is 4.72 Å². The molecule has 3 N–H and O–H groups in total. The van der Waals surface area contributed by atoms with E-state index >= 15 is 0 Å². The lowest BCUT2D eigenvalue weighted by Gasteiger charge is -2.13.